The van der Waals surface area contributed by atoms with Crippen LogP contribution < -0.4 is 15.5 Å². The first kappa shape index (κ1) is 16.2. The molecule has 1 unspecified atom stereocenters. The van der Waals surface area contributed by atoms with Gasteiger partial charge in [-0.05, 0) is 49.8 Å². The molecule has 0 bridgehead atoms. The highest BCUT2D eigenvalue weighted by atomic mass is 16.1. The highest BCUT2D eigenvalue weighted by molar-refractivity contribution is 5.76. The third-order valence-corrected chi connectivity index (χ3v) is 5.00. The maximum absolute atomic E-state index is 11.9. The largest absolute Gasteiger partial charge is 0.357 e. The van der Waals surface area contributed by atoms with Gasteiger partial charge in [0, 0.05) is 38.3 Å². The number of piperidine rings is 1. The Kier molecular flexibility index (Phi) is 5.49. The third-order valence-electron chi connectivity index (χ3n) is 5.00. The standard InChI is InChI=1S/C18H28N4O/c1-14-6-9-22(10-7-14)17-5-4-15(12-20-17)13-21-18(23)11-16-3-2-8-19-16/h4-5,12,14,16,19H,2-3,6-11,13H2,1H3,(H,21,23). The van der Waals surface area contributed by atoms with E-state index in [1.165, 1.54) is 19.3 Å². The van der Waals surface area contributed by atoms with Crippen molar-refractivity contribution >= 4 is 11.7 Å². The van der Waals surface area contributed by atoms with Crippen LogP contribution in [-0.4, -0.2) is 36.6 Å². The fourth-order valence-corrected chi connectivity index (χ4v) is 3.37. The van der Waals surface area contributed by atoms with Crippen molar-refractivity contribution in [2.75, 3.05) is 24.5 Å². The average Bonchev–Trinajstić information content (AvgIpc) is 3.07. The van der Waals surface area contributed by atoms with Crippen molar-refractivity contribution in [1.29, 1.82) is 0 Å². The summed E-state index contributed by atoms with van der Waals surface area (Å²) in [6.45, 7) is 6.11. The number of rotatable bonds is 5. The van der Waals surface area contributed by atoms with Crippen LogP contribution >= 0.6 is 0 Å². The predicted octanol–water partition coefficient (Wildman–Crippen LogP) is 2.08. The molecule has 2 aliphatic rings. The number of nitrogens with one attached hydrogen (secondary N) is 2. The second kappa shape index (κ2) is 7.77. The van der Waals surface area contributed by atoms with Crippen molar-refractivity contribution in [3.63, 3.8) is 0 Å². The molecule has 2 fully saturated rings. The number of carbonyl (C=O) groups is 1. The van der Waals surface area contributed by atoms with E-state index in [0.29, 0.717) is 19.0 Å². The van der Waals surface area contributed by atoms with E-state index in [9.17, 15) is 4.79 Å². The van der Waals surface area contributed by atoms with E-state index in [-0.39, 0.29) is 5.91 Å². The lowest BCUT2D eigenvalue weighted by Gasteiger charge is -2.31. The van der Waals surface area contributed by atoms with Gasteiger partial charge in [-0.2, -0.15) is 0 Å². The van der Waals surface area contributed by atoms with E-state index < -0.39 is 0 Å². The van der Waals surface area contributed by atoms with Gasteiger partial charge in [-0.15, -0.1) is 0 Å². The van der Waals surface area contributed by atoms with Gasteiger partial charge in [0.2, 0.25) is 5.91 Å². The van der Waals surface area contributed by atoms with Gasteiger partial charge < -0.3 is 15.5 Å². The summed E-state index contributed by atoms with van der Waals surface area (Å²) in [6.07, 6.45) is 7.25. The maximum Gasteiger partial charge on any atom is 0.221 e. The minimum absolute atomic E-state index is 0.124. The van der Waals surface area contributed by atoms with Crippen LogP contribution in [-0.2, 0) is 11.3 Å². The van der Waals surface area contributed by atoms with Crippen LogP contribution in [0.25, 0.3) is 0 Å². The Balaban J connectivity index is 1.44. The lowest BCUT2D eigenvalue weighted by atomic mass is 9.99. The quantitative estimate of drug-likeness (QED) is 0.873. The second-order valence-corrected chi connectivity index (χ2v) is 6.97. The molecule has 5 heteroatoms. The Bertz CT molecular complexity index is 502. The molecule has 3 rings (SSSR count). The number of carbonyl (C=O) groups excluding carboxylic acids is 1. The van der Waals surface area contributed by atoms with E-state index in [4.69, 9.17) is 0 Å². The summed E-state index contributed by atoms with van der Waals surface area (Å²) in [7, 11) is 0. The Hall–Kier alpha value is -1.62. The van der Waals surface area contributed by atoms with Gasteiger partial charge in [-0.25, -0.2) is 4.98 Å². The molecule has 1 amide bonds. The maximum atomic E-state index is 11.9. The fourth-order valence-electron chi connectivity index (χ4n) is 3.37. The van der Waals surface area contributed by atoms with Gasteiger partial charge in [-0.3, -0.25) is 4.79 Å². The van der Waals surface area contributed by atoms with E-state index in [1.54, 1.807) is 0 Å². The van der Waals surface area contributed by atoms with Crippen LogP contribution in [0.2, 0.25) is 0 Å². The first-order valence-electron chi connectivity index (χ1n) is 8.90. The Morgan fingerprint density at radius 3 is 2.83 bits per heavy atom. The first-order valence-corrected chi connectivity index (χ1v) is 8.90. The molecule has 0 saturated carbocycles. The summed E-state index contributed by atoms with van der Waals surface area (Å²) < 4.78 is 0. The predicted molar refractivity (Wildman–Crippen MR) is 92.3 cm³/mol. The van der Waals surface area contributed by atoms with Gasteiger partial charge in [0.05, 0.1) is 0 Å². The molecule has 3 heterocycles. The number of anilines is 1. The number of pyridine rings is 1. The lowest BCUT2D eigenvalue weighted by Crippen LogP contribution is -2.33. The number of hydrogen-bond donors (Lipinski definition) is 2. The summed E-state index contributed by atoms with van der Waals surface area (Å²) >= 11 is 0. The van der Waals surface area contributed by atoms with Crippen molar-refractivity contribution < 1.29 is 4.79 Å². The van der Waals surface area contributed by atoms with E-state index >= 15 is 0 Å². The summed E-state index contributed by atoms with van der Waals surface area (Å²) in [5.74, 6) is 2.01. The summed E-state index contributed by atoms with van der Waals surface area (Å²) in [6, 6.07) is 4.52. The van der Waals surface area contributed by atoms with Crippen LogP contribution in [0.1, 0.15) is 44.6 Å². The zero-order valence-corrected chi connectivity index (χ0v) is 14.1. The molecule has 2 N–H and O–H groups in total. The fraction of sp³-hybridized carbons (Fsp3) is 0.667. The van der Waals surface area contributed by atoms with E-state index in [1.807, 2.05) is 6.20 Å². The van der Waals surface area contributed by atoms with Gasteiger partial charge in [0.25, 0.3) is 0 Å². The second-order valence-electron chi connectivity index (χ2n) is 6.97. The zero-order chi connectivity index (χ0) is 16.1. The highest BCUT2D eigenvalue weighted by Gasteiger charge is 2.18. The van der Waals surface area contributed by atoms with Crippen molar-refractivity contribution in [2.45, 2.75) is 51.6 Å². The Morgan fingerprint density at radius 1 is 1.35 bits per heavy atom. The SMILES string of the molecule is CC1CCN(c2ccc(CNC(=O)CC3CCCN3)cn2)CC1. The van der Waals surface area contributed by atoms with Gasteiger partial charge in [0.1, 0.15) is 5.82 Å². The van der Waals surface area contributed by atoms with Gasteiger partial charge in [0.15, 0.2) is 0 Å². The molecule has 2 saturated heterocycles. The molecule has 0 aromatic carbocycles. The van der Waals surface area contributed by atoms with E-state index in [0.717, 1.165) is 43.4 Å². The highest BCUT2D eigenvalue weighted by Crippen LogP contribution is 2.21. The van der Waals surface area contributed by atoms with Crippen molar-refractivity contribution in [3.05, 3.63) is 23.9 Å². The van der Waals surface area contributed by atoms with E-state index in [2.05, 4.69) is 39.6 Å². The van der Waals surface area contributed by atoms with Crippen molar-refractivity contribution in [1.82, 2.24) is 15.6 Å². The minimum Gasteiger partial charge on any atom is -0.357 e. The molecule has 0 aliphatic carbocycles. The molecule has 126 valence electrons. The zero-order valence-electron chi connectivity index (χ0n) is 14.1. The van der Waals surface area contributed by atoms with Gasteiger partial charge in [-0.1, -0.05) is 13.0 Å². The Morgan fingerprint density at radius 2 is 2.17 bits per heavy atom. The molecule has 1 aromatic rings. The normalized spacial score (nSPS) is 22.3. The molecule has 1 atom stereocenters. The van der Waals surface area contributed by atoms with Crippen LogP contribution in [0, 0.1) is 5.92 Å². The minimum atomic E-state index is 0.124. The van der Waals surface area contributed by atoms with Crippen LogP contribution in [0.5, 0.6) is 0 Å². The van der Waals surface area contributed by atoms with Crippen LogP contribution in [0.3, 0.4) is 0 Å². The monoisotopic (exact) mass is 316 g/mol. The molecular weight excluding hydrogens is 288 g/mol. The number of hydrogen-bond acceptors (Lipinski definition) is 4. The number of aromatic nitrogens is 1. The first-order chi connectivity index (χ1) is 11.2. The van der Waals surface area contributed by atoms with Crippen molar-refractivity contribution in [2.24, 2.45) is 5.92 Å². The molecule has 2 aliphatic heterocycles. The molecule has 23 heavy (non-hydrogen) atoms. The topological polar surface area (TPSA) is 57.3 Å². The molecule has 1 aromatic heterocycles. The average molecular weight is 316 g/mol. The van der Waals surface area contributed by atoms with Crippen molar-refractivity contribution in [3.8, 4) is 0 Å². The summed E-state index contributed by atoms with van der Waals surface area (Å²) in [5.41, 5.74) is 1.06. The number of nitrogens with zero attached hydrogens (tertiary/aromatic N) is 2. The van der Waals surface area contributed by atoms with Crippen LogP contribution in [0.15, 0.2) is 18.3 Å². The summed E-state index contributed by atoms with van der Waals surface area (Å²) in [5, 5.41) is 6.35. The van der Waals surface area contributed by atoms with Crippen LogP contribution in [0.4, 0.5) is 5.82 Å². The molecule has 0 radical (unpaired) electrons. The lowest BCUT2D eigenvalue weighted by molar-refractivity contribution is -0.121. The number of amides is 1. The smallest absolute Gasteiger partial charge is 0.221 e. The van der Waals surface area contributed by atoms with Gasteiger partial charge >= 0.3 is 0 Å². The Labute approximate surface area is 138 Å². The summed E-state index contributed by atoms with van der Waals surface area (Å²) in [4.78, 5) is 18.9. The molecular formula is C18H28N4O. The molecule has 5 nitrogen and oxygen atoms in total. The third kappa shape index (κ3) is 4.67. The molecule has 0 spiro atoms.